The Kier molecular flexibility index (Phi) is 5.01. The minimum atomic E-state index is -0.529. The monoisotopic (exact) mass is 277 g/mol. The quantitative estimate of drug-likeness (QED) is 0.803. The van der Waals surface area contributed by atoms with Crippen LogP contribution in [-0.2, 0) is 0 Å². The maximum absolute atomic E-state index is 12.2. The van der Waals surface area contributed by atoms with E-state index >= 15 is 0 Å². The lowest BCUT2D eigenvalue weighted by molar-refractivity contribution is 0.0867. The molecular formula is C16H23NO3. The first-order valence-electron chi connectivity index (χ1n) is 7.26. The molecule has 0 spiro atoms. The number of rotatable bonds is 7. The SMILES string of the molecule is CC(C)[C@@H](O)CNC(=O)c1ccccc1OCC1CC1. The third kappa shape index (κ3) is 4.23. The molecule has 110 valence electrons. The molecule has 0 saturated heterocycles. The lowest BCUT2D eigenvalue weighted by atomic mass is 10.1. The summed E-state index contributed by atoms with van der Waals surface area (Å²) in [6, 6.07) is 7.25. The van der Waals surface area contributed by atoms with Gasteiger partial charge in [0.05, 0.1) is 18.3 Å². The van der Waals surface area contributed by atoms with E-state index in [0.717, 1.165) is 0 Å². The number of amides is 1. The Bertz CT molecular complexity index is 455. The van der Waals surface area contributed by atoms with Gasteiger partial charge in [-0.1, -0.05) is 26.0 Å². The van der Waals surface area contributed by atoms with Crippen LogP contribution in [0.2, 0.25) is 0 Å². The van der Waals surface area contributed by atoms with Crippen LogP contribution in [0.25, 0.3) is 0 Å². The standard InChI is InChI=1S/C16H23NO3/c1-11(2)14(18)9-17-16(19)13-5-3-4-6-15(13)20-10-12-7-8-12/h3-6,11-12,14,18H,7-10H2,1-2H3,(H,17,19)/t14-/m0/s1. The average molecular weight is 277 g/mol. The maximum atomic E-state index is 12.2. The zero-order valence-electron chi connectivity index (χ0n) is 12.1. The van der Waals surface area contributed by atoms with Crippen molar-refractivity contribution in [3.63, 3.8) is 0 Å². The fourth-order valence-corrected chi connectivity index (χ4v) is 1.80. The summed E-state index contributed by atoms with van der Waals surface area (Å²) in [6.07, 6.45) is 1.91. The van der Waals surface area contributed by atoms with E-state index in [2.05, 4.69) is 5.32 Å². The Morgan fingerprint density at radius 3 is 2.75 bits per heavy atom. The number of aliphatic hydroxyl groups excluding tert-OH is 1. The third-order valence-electron chi connectivity index (χ3n) is 3.54. The van der Waals surface area contributed by atoms with Gasteiger partial charge in [-0.3, -0.25) is 4.79 Å². The highest BCUT2D eigenvalue weighted by atomic mass is 16.5. The number of aliphatic hydroxyl groups is 1. The molecule has 1 aromatic rings. The summed E-state index contributed by atoms with van der Waals surface area (Å²) in [6.45, 7) is 4.78. The zero-order chi connectivity index (χ0) is 14.5. The Hall–Kier alpha value is -1.55. The summed E-state index contributed by atoms with van der Waals surface area (Å²) >= 11 is 0. The summed E-state index contributed by atoms with van der Waals surface area (Å²) in [7, 11) is 0. The molecule has 1 aliphatic rings. The van der Waals surface area contributed by atoms with Crippen LogP contribution in [0.4, 0.5) is 0 Å². The van der Waals surface area contributed by atoms with E-state index in [1.165, 1.54) is 12.8 Å². The Morgan fingerprint density at radius 2 is 2.10 bits per heavy atom. The van der Waals surface area contributed by atoms with E-state index in [0.29, 0.717) is 23.8 Å². The molecule has 2 N–H and O–H groups in total. The molecule has 0 unspecified atom stereocenters. The van der Waals surface area contributed by atoms with Crippen LogP contribution in [0.5, 0.6) is 5.75 Å². The second-order valence-corrected chi connectivity index (χ2v) is 5.77. The van der Waals surface area contributed by atoms with Crippen molar-refractivity contribution in [2.45, 2.75) is 32.8 Å². The molecule has 1 saturated carbocycles. The fourth-order valence-electron chi connectivity index (χ4n) is 1.80. The van der Waals surface area contributed by atoms with Gasteiger partial charge >= 0.3 is 0 Å². The molecule has 0 aromatic heterocycles. The highest BCUT2D eigenvalue weighted by Crippen LogP contribution is 2.30. The normalized spacial score (nSPS) is 16.0. The van der Waals surface area contributed by atoms with Crippen molar-refractivity contribution in [1.29, 1.82) is 0 Å². The van der Waals surface area contributed by atoms with Crippen molar-refractivity contribution in [2.24, 2.45) is 11.8 Å². The van der Waals surface area contributed by atoms with Gasteiger partial charge in [0.1, 0.15) is 5.75 Å². The van der Waals surface area contributed by atoms with E-state index < -0.39 is 6.10 Å². The zero-order valence-corrected chi connectivity index (χ0v) is 12.1. The Labute approximate surface area is 120 Å². The van der Waals surface area contributed by atoms with Gasteiger partial charge in [0.2, 0.25) is 0 Å². The number of para-hydroxylation sites is 1. The van der Waals surface area contributed by atoms with Crippen molar-refractivity contribution in [2.75, 3.05) is 13.2 Å². The first kappa shape index (κ1) is 14.9. The molecule has 1 amide bonds. The smallest absolute Gasteiger partial charge is 0.255 e. The number of hydrogen-bond donors (Lipinski definition) is 2. The molecule has 4 heteroatoms. The molecular weight excluding hydrogens is 254 g/mol. The van der Waals surface area contributed by atoms with Gasteiger partial charge in [-0.05, 0) is 36.8 Å². The van der Waals surface area contributed by atoms with E-state index in [4.69, 9.17) is 4.74 Å². The van der Waals surface area contributed by atoms with Crippen molar-refractivity contribution < 1.29 is 14.6 Å². The molecule has 0 aliphatic heterocycles. The number of carbonyl (C=O) groups excluding carboxylic acids is 1. The summed E-state index contributed by atoms with van der Waals surface area (Å²) in [5.41, 5.74) is 0.532. The van der Waals surface area contributed by atoms with Crippen LogP contribution in [0.3, 0.4) is 0 Å². The number of hydrogen-bond acceptors (Lipinski definition) is 3. The highest BCUT2D eigenvalue weighted by molar-refractivity contribution is 5.96. The molecule has 1 atom stereocenters. The molecule has 20 heavy (non-hydrogen) atoms. The third-order valence-corrected chi connectivity index (χ3v) is 3.54. The van der Waals surface area contributed by atoms with E-state index in [1.54, 1.807) is 6.07 Å². The Morgan fingerprint density at radius 1 is 1.40 bits per heavy atom. The van der Waals surface area contributed by atoms with Crippen molar-refractivity contribution in [3.8, 4) is 5.75 Å². The minimum absolute atomic E-state index is 0.122. The fraction of sp³-hybridized carbons (Fsp3) is 0.562. The lowest BCUT2D eigenvalue weighted by Crippen LogP contribution is -2.34. The highest BCUT2D eigenvalue weighted by Gasteiger charge is 2.23. The average Bonchev–Trinajstić information content (AvgIpc) is 3.26. The molecule has 0 heterocycles. The molecule has 1 aromatic carbocycles. The summed E-state index contributed by atoms with van der Waals surface area (Å²) in [5.74, 6) is 1.19. The number of benzene rings is 1. The van der Waals surface area contributed by atoms with Crippen molar-refractivity contribution in [1.82, 2.24) is 5.32 Å². The van der Waals surface area contributed by atoms with Gasteiger partial charge in [0, 0.05) is 6.54 Å². The van der Waals surface area contributed by atoms with Crippen LogP contribution in [0.15, 0.2) is 24.3 Å². The molecule has 4 nitrogen and oxygen atoms in total. The molecule has 2 rings (SSSR count). The Balaban J connectivity index is 1.93. The van der Waals surface area contributed by atoms with Crippen LogP contribution in [-0.4, -0.2) is 30.3 Å². The maximum Gasteiger partial charge on any atom is 0.255 e. The van der Waals surface area contributed by atoms with Crippen LogP contribution >= 0.6 is 0 Å². The van der Waals surface area contributed by atoms with Crippen molar-refractivity contribution >= 4 is 5.91 Å². The number of ether oxygens (including phenoxy) is 1. The summed E-state index contributed by atoms with van der Waals surface area (Å²) in [5, 5.41) is 12.5. The van der Waals surface area contributed by atoms with Gasteiger partial charge < -0.3 is 15.2 Å². The van der Waals surface area contributed by atoms with Gasteiger partial charge in [0.25, 0.3) is 5.91 Å². The van der Waals surface area contributed by atoms with Gasteiger partial charge in [-0.2, -0.15) is 0 Å². The summed E-state index contributed by atoms with van der Waals surface area (Å²) < 4.78 is 5.71. The number of carbonyl (C=O) groups is 1. The van der Waals surface area contributed by atoms with Crippen LogP contribution < -0.4 is 10.1 Å². The van der Waals surface area contributed by atoms with Crippen LogP contribution in [0.1, 0.15) is 37.0 Å². The van der Waals surface area contributed by atoms with Gasteiger partial charge in [-0.15, -0.1) is 0 Å². The molecule has 1 aliphatic carbocycles. The molecule has 0 bridgehead atoms. The predicted molar refractivity (Wildman–Crippen MR) is 77.8 cm³/mol. The largest absolute Gasteiger partial charge is 0.492 e. The molecule has 1 fully saturated rings. The van der Waals surface area contributed by atoms with E-state index in [1.807, 2.05) is 32.0 Å². The second-order valence-electron chi connectivity index (χ2n) is 5.77. The first-order valence-corrected chi connectivity index (χ1v) is 7.26. The van der Waals surface area contributed by atoms with Crippen LogP contribution in [0, 0.1) is 11.8 Å². The van der Waals surface area contributed by atoms with Gasteiger partial charge in [0.15, 0.2) is 0 Å². The van der Waals surface area contributed by atoms with Gasteiger partial charge in [-0.25, -0.2) is 0 Å². The minimum Gasteiger partial charge on any atom is -0.492 e. The first-order chi connectivity index (χ1) is 9.58. The predicted octanol–water partition coefficient (Wildman–Crippen LogP) is 2.22. The van der Waals surface area contributed by atoms with E-state index in [9.17, 15) is 9.90 Å². The molecule has 0 radical (unpaired) electrons. The topological polar surface area (TPSA) is 58.6 Å². The van der Waals surface area contributed by atoms with E-state index in [-0.39, 0.29) is 18.4 Å². The number of nitrogens with one attached hydrogen (secondary N) is 1. The summed E-state index contributed by atoms with van der Waals surface area (Å²) in [4.78, 5) is 12.2. The lowest BCUT2D eigenvalue weighted by Gasteiger charge is -2.16. The van der Waals surface area contributed by atoms with Crippen molar-refractivity contribution in [3.05, 3.63) is 29.8 Å². The second kappa shape index (κ2) is 6.75.